The molecule has 1 fully saturated rings. The number of fused-ring (bicyclic) bond motifs is 1. The molecule has 2 heterocycles. The van der Waals surface area contributed by atoms with Crippen LogP contribution in [0.15, 0.2) is 48.2 Å². The highest BCUT2D eigenvalue weighted by Crippen LogP contribution is 2.36. The normalized spacial score (nSPS) is 13.7. The molecule has 2 aromatic heterocycles. The molecule has 1 aromatic carbocycles. The van der Waals surface area contributed by atoms with Crippen LogP contribution in [0.3, 0.4) is 0 Å². The molecule has 0 saturated heterocycles. The number of nitrogens with two attached hydrogens (primary N) is 1. The second-order valence-corrected chi connectivity index (χ2v) is 7.36. The second kappa shape index (κ2) is 7.47. The minimum absolute atomic E-state index is 0.0317. The van der Waals surface area contributed by atoms with Crippen molar-refractivity contribution in [3.8, 4) is 11.1 Å². The smallest absolute Gasteiger partial charge is 0.228 e. The molecule has 3 aromatic rings. The first-order valence-electron chi connectivity index (χ1n) is 9.59. The summed E-state index contributed by atoms with van der Waals surface area (Å²) in [5.74, 6) is 0.699. The van der Waals surface area contributed by atoms with Crippen LogP contribution in [0.2, 0.25) is 0 Å². The minimum atomic E-state index is 0.0317. The van der Waals surface area contributed by atoms with E-state index in [0.29, 0.717) is 11.5 Å². The van der Waals surface area contributed by atoms with E-state index in [-0.39, 0.29) is 11.8 Å². The summed E-state index contributed by atoms with van der Waals surface area (Å²) < 4.78 is 0. The fourth-order valence-corrected chi connectivity index (χ4v) is 3.41. The fraction of sp³-hybridized carbons (Fsp3) is 0.217. The SMILES string of the molecule is C=CC=Nc1c(C)ncc(-c2cc(N)c3cnc(NC(=O)C4CC4)cc3c2)c1C. The van der Waals surface area contributed by atoms with Gasteiger partial charge < -0.3 is 11.1 Å². The van der Waals surface area contributed by atoms with Gasteiger partial charge in [0.15, 0.2) is 0 Å². The number of pyridine rings is 2. The van der Waals surface area contributed by atoms with Crippen LogP contribution in [0.5, 0.6) is 0 Å². The highest BCUT2D eigenvalue weighted by Gasteiger charge is 2.29. The van der Waals surface area contributed by atoms with Crippen LogP contribution in [-0.4, -0.2) is 22.1 Å². The van der Waals surface area contributed by atoms with E-state index in [9.17, 15) is 4.79 Å². The third-order valence-corrected chi connectivity index (χ3v) is 5.18. The number of amides is 1. The first-order chi connectivity index (χ1) is 14.0. The summed E-state index contributed by atoms with van der Waals surface area (Å²) in [6.45, 7) is 7.64. The number of carbonyl (C=O) groups excluding carboxylic acids is 1. The number of carbonyl (C=O) groups is 1. The topological polar surface area (TPSA) is 93.3 Å². The van der Waals surface area contributed by atoms with Crippen LogP contribution >= 0.6 is 0 Å². The van der Waals surface area contributed by atoms with Crippen LogP contribution in [0, 0.1) is 19.8 Å². The zero-order chi connectivity index (χ0) is 20.5. The van der Waals surface area contributed by atoms with Crippen LogP contribution in [0.25, 0.3) is 21.9 Å². The van der Waals surface area contributed by atoms with E-state index in [1.807, 2.05) is 38.2 Å². The molecule has 0 atom stereocenters. The van der Waals surface area contributed by atoms with Crippen molar-refractivity contribution in [1.82, 2.24) is 9.97 Å². The van der Waals surface area contributed by atoms with E-state index in [2.05, 4.69) is 26.9 Å². The number of aromatic nitrogens is 2. The zero-order valence-electron chi connectivity index (χ0n) is 16.6. The Labute approximate surface area is 169 Å². The molecule has 0 radical (unpaired) electrons. The summed E-state index contributed by atoms with van der Waals surface area (Å²) in [5.41, 5.74) is 11.5. The number of nitrogen functional groups attached to an aromatic ring is 1. The fourth-order valence-electron chi connectivity index (χ4n) is 3.41. The lowest BCUT2D eigenvalue weighted by atomic mass is 9.97. The maximum atomic E-state index is 12.1. The molecule has 1 aliphatic carbocycles. The monoisotopic (exact) mass is 385 g/mol. The molecule has 1 aliphatic rings. The van der Waals surface area contributed by atoms with Gasteiger partial charge >= 0.3 is 0 Å². The standard InChI is InChI=1S/C23H23N5O/c1-4-7-25-22-13(2)18(11-26-14(22)3)16-8-17-10-21(28-23(29)15-5-6-15)27-12-19(17)20(24)9-16/h4,7-12,15H,1,5-6,24H2,2-3H3,(H,27,28,29). The van der Waals surface area contributed by atoms with Crippen LogP contribution in [-0.2, 0) is 4.79 Å². The summed E-state index contributed by atoms with van der Waals surface area (Å²) in [4.78, 5) is 25.4. The van der Waals surface area contributed by atoms with Gasteiger partial charge in [-0.3, -0.25) is 14.8 Å². The molecule has 4 rings (SSSR count). The quantitative estimate of drug-likeness (QED) is 0.490. The minimum Gasteiger partial charge on any atom is -0.398 e. The number of aliphatic imine (C=N–C) groups is 1. The Kier molecular flexibility index (Phi) is 4.84. The number of aryl methyl sites for hydroxylation is 1. The lowest BCUT2D eigenvalue weighted by Crippen LogP contribution is -2.14. The largest absolute Gasteiger partial charge is 0.398 e. The molecule has 1 saturated carbocycles. The summed E-state index contributed by atoms with van der Waals surface area (Å²) in [6, 6.07) is 5.83. The van der Waals surface area contributed by atoms with Crippen molar-refractivity contribution in [2.75, 3.05) is 11.1 Å². The van der Waals surface area contributed by atoms with Crippen molar-refractivity contribution in [1.29, 1.82) is 0 Å². The van der Waals surface area contributed by atoms with Crippen molar-refractivity contribution in [3.63, 3.8) is 0 Å². The molecule has 6 nitrogen and oxygen atoms in total. The molecular formula is C23H23N5O. The van der Waals surface area contributed by atoms with E-state index >= 15 is 0 Å². The predicted molar refractivity (Wildman–Crippen MR) is 119 cm³/mol. The Morgan fingerprint density at radius 1 is 1.24 bits per heavy atom. The highest BCUT2D eigenvalue weighted by molar-refractivity contribution is 6.00. The van der Waals surface area contributed by atoms with Gasteiger partial charge in [-0.2, -0.15) is 0 Å². The van der Waals surface area contributed by atoms with Gasteiger partial charge in [-0.15, -0.1) is 0 Å². The number of anilines is 2. The Bertz CT molecular complexity index is 1160. The van der Waals surface area contributed by atoms with E-state index in [4.69, 9.17) is 5.73 Å². The number of benzene rings is 1. The Balaban J connectivity index is 1.78. The molecule has 0 spiro atoms. The summed E-state index contributed by atoms with van der Waals surface area (Å²) in [5, 5.41) is 4.66. The van der Waals surface area contributed by atoms with E-state index in [1.165, 1.54) is 0 Å². The first kappa shape index (κ1) is 18.8. The third-order valence-electron chi connectivity index (χ3n) is 5.18. The summed E-state index contributed by atoms with van der Waals surface area (Å²) >= 11 is 0. The molecular weight excluding hydrogens is 362 g/mol. The van der Waals surface area contributed by atoms with Crippen LogP contribution < -0.4 is 11.1 Å². The molecule has 0 unspecified atom stereocenters. The van der Waals surface area contributed by atoms with Crippen molar-refractivity contribution in [3.05, 3.63) is 54.5 Å². The van der Waals surface area contributed by atoms with Gasteiger partial charge in [-0.25, -0.2) is 4.98 Å². The van der Waals surface area contributed by atoms with Crippen LogP contribution in [0.1, 0.15) is 24.1 Å². The number of hydrogen-bond acceptors (Lipinski definition) is 5. The average Bonchev–Trinajstić information content (AvgIpc) is 3.53. The van der Waals surface area contributed by atoms with Gasteiger partial charge in [0.2, 0.25) is 5.91 Å². The van der Waals surface area contributed by atoms with E-state index in [1.54, 1.807) is 18.5 Å². The lowest BCUT2D eigenvalue weighted by molar-refractivity contribution is -0.117. The Morgan fingerprint density at radius 2 is 2.03 bits per heavy atom. The second-order valence-electron chi connectivity index (χ2n) is 7.36. The van der Waals surface area contributed by atoms with Crippen LogP contribution in [0.4, 0.5) is 17.2 Å². The molecule has 6 heteroatoms. The molecule has 0 bridgehead atoms. The summed E-state index contributed by atoms with van der Waals surface area (Å²) in [6.07, 6.45) is 8.76. The maximum Gasteiger partial charge on any atom is 0.228 e. The third kappa shape index (κ3) is 3.74. The maximum absolute atomic E-state index is 12.1. The van der Waals surface area contributed by atoms with Crippen molar-refractivity contribution in [2.24, 2.45) is 10.9 Å². The first-order valence-corrected chi connectivity index (χ1v) is 9.59. The van der Waals surface area contributed by atoms with Gasteiger partial charge in [0.05, 0.1) is 11.4 Å². The van der Waals surface area contributed by atoms with Crippen molar-refractivity contribution < 1.29 is 4.79 Å². The highest BCUT2D eigenvalue weighted by atomic mass is 16.2. The number of hydrogen-bond donors (Lipinski definition) is 2. The van der Waals surface area contributed by atoms with Gasteiger partial charge in [-0.1, -0.05) is 12.7 Å². The van der Waals surface area contributed by atoms with E-state index in [0.717, 1.165) is 51.7 Å². The molecule has 1 amide bonds. The van der Waals surface area contributed by atoms with Gasteiger partial charge in [0.1, 0.15) is 5.82 Å². The summed E-state index contributed by atoms with van der Waals surface area (Å²) in [7, 11) is 0. The number of nitrogens with one attached hydrogen (secondary N) is 1. The Hall–Kier alpha value is -3.54. The van der Waals surface area contributed by atoms with Crippen molar-refractivity contribution in [2.45, 2.75) is 26.7 Å². The number of nitrogens with zero attached hydrogens (tertiary/aromatic N) is 3. The van der Waals surface area contributed by atoms with Gasteiger partial charge in [-0.05, 0) is 61.4 Å². The molecule has 146 valence electrons. The molecule has 3 N–H and O–H groups in total. The molecule has 0 aliphatic heterocycles. The Morgan fingerprint density at radius 3 is 2.76 bits per heavy atom. The van der Waals surface area contributed by atoms with Gasteiger partial charge in [0.25, 0.3) is 0 Å². The van der Waals surface area contributed by atoms with E-state index < -0.39 is 0 Å². The van der Waals surface area contributed by atoms with Crippen molar-refractivity contribution >= 4 is 40.1 Å². The van der Waals surface area contributed by atoms with Gasteiger partial charge in [0, 0.05) is 41.2 Å². The lowest BCUT2D eigenvalue weighted by Gasteiger charge is -2.13. The molecule has 29 heavy (non-hydrogen) atoms. The number of rotatable bonds is 5. The predicted octanol–water partition coefficient (Wildman–Crippen LogP) is 4.73. The zero-order valence-corrected chi connectivity index (χ0v) is 16.6. The average molecular weight is 385 g/mol. The number of allylic oxidation sites excluding steroid dienone is 1.